The van der Waals surface area contributed by atoms with E-state index < -0.39 is 0 Å². The molecule has 3 rings (SSSR count). The number of nitrogens with one attached hydrogen (secondary N) is 2. The van der Waals surface area contributed by atoms with Crippen molar-refractivity contribution < 1.29 is 23.9 Å². The molecule has 1 unspecified atom stereocenters. The van der Waals surface area contributed by atoms with Gasteiger partial charge in [0.2, 0.25) is 5.91 Å². The second kappa shape index (κ2) is 12.2. The van der Waals surface area contributed by atoms with E-state index in [1.54, 1.807) is 17.0 Å². The fraction of sp³-hybridized carbons (Fsp3) is 0.444. The quantitative estimate of drug-likeness (QED) is 0.574. The topological polar surface area (TPSA) is 97.0 Å². The van der Waals surface area contributed by atoms with Gasteiger partial charge >= 0.3 is 0 Å². The molecule has 1 atom stereocenters. The van der Waals surface area contributed by atoms with Crippen LogP contribution in [0, 0.1) is 19.8 Å². The fourth-order valence-corrected chi connectivity index (χ4v) is 4.32. The van der Waals surface area contributed by atoms with E-state index in [-0.39, 0.29) is 30.2 Å². The third-order valence-electron chi connectivity index (χ3n) is 5.98. The minimum Gasteiger partial charge on any atom is -0.493 e. The third kappa shape index (κ3) is 7.21. The number of benzene rings is 2. The summed E-state index contributed by atoms with van der Waals surface area (Å²) in [7, 11) is 1.53. The lowest BCUT2D eigenvalue weighted by molar-refractivity contribution is -0.126. The minimum atomic E-state index is -0.250. The number of ether oxygens (including phenoxy) is 2. The summed E-state index contributed by atoms with van der Waals surface area (Å²) in [5.41, 5.74) is 3.62. The first kappa shape index (κ1) is 26.1. The average molecular weight is 482 g/mol. The van der Waals surface area contributed by atoms with E-state index in [0.717, 1.165) is 29.5 Å². The van der Waals surface area contributed by atoms with Gasteiger partial charge in [0.1, 0.15) is 0 Å². The molecule has 1 heterocycles. The van der Waals surface area contributed by atoms with Gasteiger partial charge in [-0.1, -0.05) is 23.3 Å². The molecule has 0 saturated carbocycles. The maximum atomic E-state index is 13.0. The van der Waals surface area contributed by atoms with Crippen LogP contribution in [-0.4, -0.2) is 56.0 Å². The van der Waals surface area contributed by atoms with Gasteiger partial charge in [-0.2, -0.15) is 0 Å². The number of carbonyl (C=O) groups excluding carboxylic acids is 3. The normalized spacial score (nSPS) is 15.3. The Kier molecular flexibility index (Phi) is 9.11. The number of carbonyl (C=O) groups is 3. The molecule has 188 valence electrons. The molecule has 1 aliphatic heterocycles. The molecule has 35 heavy (non-hydrogen) atoms. The first-order valence-corrected chi connectivity index (χ1v) is 12.0. The summed E-state index contributed by atoms with van der Waals surface area (Å²) in [5, 5.41) is 5.66. The Hall–Kier alpha value is -3.55. The van der Waals surface area contributed by atoms with Crippen molar-refractivity contribution in [3.63, 3.8) is 0 Å². The molecule has 0 spiro atoms. The second-order valence-electron chi connectivity index (χ2n) is 8.91. The first-order valence-electron chi connectivity index (χ1n) is 12.0. The summed E-state index contributed by atoms with van der Waals surface area (Å²) in [4.78, 5) is 39.3. The highest BCUT2D eigenvalue weighted by Crippen LogP contribution is 2.28. The van der Waals surface area contributed by atoms with Crippen LogP contribution < -0.4 is 20.1 Å². The van der Waals surface area contributed by atoms with Gasteiger partial charge < -0.3 is 25.0 Å². The molecular formula is C27H35N3O5. The van der Waals surface area contributed by atoms with Crippen LogP contribution in [0.4, 0.5) is 0 Å². The summed E-state index contributed by atoms with van der Waals surface area (Å²) in [6, 6.07) is 11.2. The molecule has 2 aromatic rings. The van der Waals surface area contributed by atoms with Gasteiger partial charge in [-0.3, -0.25) is 14.4 Å². The number of hydrogen-bond donors (Lipinski definition) is 2. The monoisotopic (exact) mass is 481 g/mol. The largest absolute Gasteiger partial charge is 0.493 e. The van der Waals surface area contributed by atoms with E-state index in [1.807, 2.05) is 45.0 Å². The minimum absolute atomic E-state index is 0.0257. The number of piperidine rings is 1. The zero-order chi connectivity index (χ0) is 25.4. The van der Waals surface area contributed by atoms with E-state index >= 15 is 0 Å². The van der Waals surface area contributed by atoms with E-state index in [1.165, 1.54) is 7.11 Å². The molecule has 0 bridgehead atoms. The number of nitrogens with zero attached hydrogens (tertiary/aromatic N) is 1. The Morgan fingerprint density at radius 1 is 1.03 bits per heavy atom. The summed E-state index contributed by atoms with van der Waals surface area (Å²) in [6.45, 7) is 7.64. The van der Waals surface area contributed by atoms with Gasteiger partial charge in [0.05, 0.1) is 13.0 Å². The van der Waals surface area contributed by atoms with Crippen molar-refractivity contribution in [1.29, 1.82) is 0 Å². The molecule has 8 nitrogen and oxygen atoms in total. The summed E-state index contributed by atoms with van der Waals surface area (Å²) >= 11 is 0. The SMILES string of the molecule is CCNC(=O)COc1ccc(CNC(=O)C2CCCN(C(=O)c3cc(C)cc(C)c3)C2)cc1OC. The third-order valence-corrected chi connectivity index (χ3v) is 5.98. The average Bonchev–Trinajstić information content (AvgIpc) is 2.85. The van der Waals surface area contributed by atoms with E-state index in [2.05, 4.69) is 10.6 Å². The Morgan fingerprint density at radius 2 is 1.77 bits per heavy atom. The first-order chi connectivity index (χ1) is 16.8. The maximum absolute atomic E-state index is 13.0. The van der Waals surface area contributed by atoms with Crippen molar-refractivity contribution in [3.8, 4) is 11.5 Å². The van der Waals surface area contributed by atoms with Crippen molar-refractivity contribution in [2.45, 2.75) is 40.2 Å². The van der Waals surface area contributed by atoms with Gasteiger partial charge in [-0.15, -0.1) is 0 Å². The van der Waals surface area contributed by atoms with Crippen LogP contribution in [0.1, 0.15) is 46.8 Å². The number of methoxy groups -OCH3 is 1. The van der Waals surface area contributed by atoms with Crippen LogP contribution in [0.3, 0.4) is 0 Å². The van der Waals surface area contributed by atoms with E-state index in [0.29, 0.717) is 43.2 Å². The highest BCUT2D eigenvalue weighted by molar-refractivity contribution is 5.95. The summed E-state index contributed by atoms with van der Waals surface area (Å²) in [6.07, 6.45) is 1.54. The van der Waals surface area contributed by atoms with Crippen molar-refractivity contribution in [1.82, 2.24) is 15.5 Å². The number of aryl methyl sites for hydroxylation is 2. The lowest BCUT2D eigenvalue weighted by Gasteiger charge is -2.32. The van der Waals surface area contributed by atoms with Gasteiger partial charge in [-0.25, -0.2) is 0 Å². The molecule has 0 aliphatic carbocycles. The highest BCUT2D eigenvalue weighted by Gasteiger charge is 2.29. The van der Waals surface area contributed by atoms with Gasteiger partial charge in [0.25, 0.3) is 11.8 Å². The van der Waals surface area contributed by atoms with Crippen LogP contribution in [0.15, 0.2) is 36.4 Å². The number of likely N-dealkylation sites (N-methyl/N-ethyl adjacent to an activating group) is 1. The molecule has 1 fully saturated rings. The van der Waals surface area contributed by atoms with Crippen molar-refractivity contribution in [2.75, 3.05) is 33.4 Å². The van der Waals surface area contributed by atoms with E-state index in [4.69, 9.17) is 9.47 Å². The standard InChI is InChI=1S/C27H35N3O5/c1-5-28-25(31)17-35-23-9-8-20(14-24(23)34-4)15-29-26(32)21-7-6-10-30(16-21)27(33)22-12-18(2)11-19(3)13-22/h8-9,11-14,21H,5-7,10,15-17H2,1-4H3,(H,28,31)(H,29,32). The van der Waals surface area contributed by atoms with Gasteiger partial charge in [0, 0.05) is 31.7 Å². The Balaban J connectivity index is 1.56. The van der Waals surface area contributed by atoms with Crippen LogP contribution in [0.2, 0.25) is 0 Å². The smallest absolute Gasteiger partial charge is 0.257 e. The van der Waals surface area contributed by atoms with Crippen molar-refractivity contribution >= 4 is 17.7 Å². The zero-order valence-corrected chi connectivity index (χ0v) is 21.0. The summed E-state index contributed by atoms with van der Waals surface area (Å²) < 4.78 is 10.9. The predicted molar refractivity (Wildman–Crippen MR) is 134 cm³/mol. The maximum Gasteiger partial charge on any atom is 0.257 e. The number of hydrogen-bond acceptors (Lipinski definition) is 5. The van der Waals surface area contributed by atoms with Crippen LogP contribution in [-0.2, 0) is 16.1 Å². The molecule has 1 saturated heterocycles. The molecule has 2 aromatic carbocycles. The molecule has 2 N–H and O–H groups in total. The number of likely N-dealkylation sites (tertiary alicyclic amines) is 1. The van der Waals surface area contributed by atoms with Crippen LogP contribution in [0.25, 0.3) is 0 Å². The van der Waals surface area contributed by atoms with E-state index in [9.17, 15) is 14.4 Å². The molecule has 0 aromatic heterocycles. The number of rotatable bonds is 9. The Bertz CT molecular complexity index is 1050. The Morgan fingerprint density at radius 3 is 2.46 bits per heavy atom. The summed E-state index contributed by atoms with van der Waals surface area (Å²) in [5.74, 6) is 0.398. The molecule has 1 aliphatic rings. The number of amides is 3. The lowest BCUT2D eigenvalue weighted by atomic mass is 9.96. The predicted octanol–water partition coefficient (Wildman–Crippen LogP) is 3.00. The van der Waals surface area contributed by atoms with Crippen molar-refractivity contribution in [3.05, 3.63) is 58.7 Å². The molecule has 0 radical (unpaired) electrons. The van der Waals surface area contributed by atoms with Gasteiger partial charge in [0.15, 0.2) is 18.1 Å². The van der Waals surface area contributed by atoms with Crippen LogP contribution in [0.5, 0.6) is 11.5 Å². The molecule has 3 amide bonds. The second-order valence-corrected chi connectivity index (χ2v) is 8.91. The molecule has 8 heteroatoms. The molecular weight excluding hydrogens is 446 g/mol. The van der Waals surface area contributed by atoms with Crippen LogP contribution >= 0.6 is 0 Å². The Labute approximate surface area is 207 Å². The fourth-order valence-electron chi connectivity index (χ4n) is 4.32. The lowest BCUT2D eigenvalue weighted by Crippen LogP contribution is -2.45. The van der Waals surface area contributed by atoms with Gasteiger partial charge in [-0.05, 0) is 63.4 Å². The van der Waals surface area contributed by atoms with Crippen molar-refractivity contribution in [2.24, 2.45) is 5.92 Å². The zero-order valence-electron chi connectivity index (χ0n) is 21.0. The highest BCUT2D eigenvalue weighted by atomic mass is 16.5.